The Hall–Kier alpha value is -1.69. The van der Waals surface area contributed by atoms with Crippen LogP contribution >= 0.6 is 0 Å². The Labute approximate surface area is 202 Å². The number of aliphatic hydroxyl groups is 2. The van der Waals surface area contributed by atoms with Gasteiger partial charge in [0.05, 0.1) is 37.2 Å². The predicted molar refractivity (Wildman–Crippen MR) is 125 cm³/mol. The lowest BCUT2D eigenvalue weighted by Crippen LogP contribution is -2.64. The van der Waals surface area contributed by atoms with E-state index >= 15 is 0 Å². The van der Waals surface area contributed by atoms with Crippen LogP contribution in [-0.2, 0) is 41.1 Å². The van der Waals surface area contributed by atoms with Gasteiger partial charge in [0, 0.05) is 11.3 Å². The SMILES string of the molecule is CC[S@](=O)[C@H]1O[C@@H]2CO[C@@H](c3ccccc3)O[C@H]2[C@H](OCc2ccccc2)[C@@H]1OCC(O)CO. The van der Waals surface area contributed by atoms with Crippen LogP contribution in [0.5, 0.6) is 0 Å². The molecule has 2 N–H and O–H groups in total. The van der Waals surface area contributed by atoms with Gasteiger partial charge < -0.3 is 33.9 Å². The van der Waals surface area contributed by atoms with Crippen molar-refractivity contribution in [3.05, 3.63) is 71.8 Å². The van der Waals surface area contributed by atoms with Crippen LogP contribution in [0.25, 0.3) is 0 Å². The van der Waals surface area contributed by atoms with Crippen molar-refractivity contribution in [3.8, 4) is 0 Å². The first-order valence-electron chi connectivity index (χ1n) is 11.5. The third kappa shape index (κ3) is 6.10. The van der Waals surface area contributed by atoms with Crippen molar-refractivity contribution in [1.82, 2.24) is 0 Å². The number of fused-ring (bicyclic) bond motifs is 1. The summed E-state index contributed by atoms with van der Waals surface area (Å²) in [4.78, 5) is 0. The maximum atomic E-state index is 12.9. The highest BCUT2D eigenvalue weighted by Gasteiger charge is 2.52. The molecule has 4 rings (SSSR count). The summed E-state index contributed by atoms with van der Waals surface area (Å²) >= 11 is 0. The summed E-state index contributed by atoms with van der Waals surface area (Å²) in [5, 5.41) is 19.2. The minimum Gasteiger partial charge on any atom is -0.394 e. The Morgan fingerprint density at radius 3 is 2.41 bits per heavy atom. The largest absolute Gasteiger partial charge is 0.394 e. The summed E-state index contributed by atoms with van der Waals surface area (Å²) in [7, 11) is -1.37. The van der Waals surface area contributed by atoms with Gasteiger partial charge >= 0.3 is 0 Å². The van der Waals surface area contributed by atoms with Gasteiger partial charge in [-0.15, -0.1) is 0 Å². The molecule has 0 bridgehead atoms. The van der Waals surface area contributed by atoms with E-state index in [2.05, 4.69) is 0 Å². The summed E-state index contributed by atoms with van der Waals surface area (Å²) in [6, 6.07) is 19.3. The van der Waals surface area contributed by atoms with E-state index in [0.29, 0.717) is 12.4 Å². The van der Waals surface area contributed by atoms with Gasteiger partial charge in [-0.25, -0.2) is 0 Å². The fourth-order valence-electron chi connectivity index (χ4n) is 4.11. The maximum absolute atomic E-state index is 12.9. The number of ether oxygens (including phenoxy) is 5. The third-order valence-electron chi connectivity index (χ3n) is 5.88. The van der Waals surface area contributed by atoms with Crippen molar-refractivity contribution >= 4 is 10.8 Å². The number of rotatable bonds is 10. The lowest BCUT2D eigenvalue weighted by atomic mass is 9.98. The quantitative estimate of drug-likeness (QED) is 0.519. The molecule has 2 aromatic carbocycles. The third-order valence-corrected chi connectivity index (χ3v) is 7.34. The Morgan fingerprint density at radius 2 is 1.74 bits per heavy atom. The predicted octanol–water partition coefficient (Wildman–Crippen LogP) is 1.92. The van der Waals surface area contributed by atoms with Crippen molar-refractivity contribution in [2.45, 2.75) is 55.8 Å². The first kappa shape index (κ1) is 25.4. The fraction of sp³-hybridized carbons (Fsp3) is 0.520. The molecular formula is C25H32O8S. The Morgan fingerprint density at radius 1 is 1.03 bits per heavy atom. The molecule has 0 amide bonds. The van der Waals surface area contributed by atoms with Gasteiger partial charge in [0.25, 0.3) is 0 Å². The molecule has 0 saturated carbocycles. The van der Waals surface area contributed by atoms with Gasteiger partial charge in [-0.2, -0.15) is 0 Å². The second kappa shape index (κ2) is 12.3. The highest BCUT2D eigenvalue weighted by atomic mass is 32.2. The van der Waals surface area contributed by atoms with Gasteiger partial charge in [-0.1, -0.05) is 67.6 Å². The lowest BCUT2D eigenvalue weighted by Gasteiger charge is -2.49. The summed E-state index contributed by atoms with van der Waals surface area (Å²) in [6.45, 7) is 1.76. The van der Waals surface area contributed by atoms with Gasteiger partial charge in [-0.3, -0.25) is 4.21 Å². The van der Waals surface area contributed by atoms with E-state index in [1.165, 1.54) is 0 Å². The number of hydrogen-bond donors (Lipinski definition) is 2. The summed E-state index contributed by atoms with van der Waals surface area (Å²) in [5.41, 5.74) is 1.05. The van der Waals surface area contributed by atoms with E-state index in [4.69, 9.17) is 23.7 Å². The molecule has 2 saturated heterocycles. The van der Waals surface area contributed by atoms with Crippen LogP contribution in [0.4, 0.5) is 0 Å². The van der Waals surface area contributed by atoms with Crippen molar-refractivity contribution in [1.29, 1.82) is 0 Å². The molecule has 2 aromatic rings. The van der Waals surface area contributed by atoms with Crippen LogP contribution in [-0.4, -0.2) is 76.0 Å². The minimum atomic E-state index is -1.37. The van der Waals surface area contributed by atoms with Crippen molar-refractivity contribution in [2.75, 3.05) is 25.6 Å². The van der Waals surface area contributed by atoms with E-state index in [0.717, 1.165) is 11.1 Å². The zero-order chi connectivity index (χ0) is 23.9. The first-order chi connectivity index (χ1) is 16.6. The lowest BCUT2D eigenvalue weighted by molar-refractivity contribution is -0.330. The smallest absolute Gasteiger partial charge is 0.184 e. The molecule has 8 nitrogen and oxygen atoms in total. The molecule has 186 valence electrons. The van der Waals surface area contributed by atoms with Crippen molar-refractivity contribution in [3.63, 3.8) is 0 Å². The number of aliphatic hydroxyl groups excluding tert-OH is 2. The molecule has 0 aliphatic carbocycles. The first-order valence-corrected chi connectivity index (χ1v) is 12.9. The monoisotopic (exact) mass is 492 g/mol. The minimum absolute atomic E-state index is 0.150. The van der Waals surface area contributed by atoms with Crippen LogP contribution in [0, 0.1) is 0 Å². The van der Waals surface area contributed by atoms with E-state index in [1.807, 2.05) is 67.6 Å². The van der Waals surface area contributed by atoms with Crippen molar-refractivity contribution in [2.24, 2.45) is 0 Å². The summed E-state index contributed by atoms with van der Waals surface area (Å²) in [6.07, 6.45) is -4.14. The molecular weight excluding hydrogens is 460 g/mol. The van der Waals surface area contributed by atoms with Gasteiger partial charge in [0.1, 0.15) is 30.5 Å². The van der Waals surface area contributed by atoms with Crippen LogP contribution in [0.1, 0.15) is 24.3 Å². The summed E-state index contributed by atoms with van der Waals surface area (Å²) < 4.78 is 43.7. The number of benzene rings is 2. The Bertz CT molecular complexity index is 898. The highest BCUT2D eigenvalue weighted by molar-refractivity contribution is 7.85. The summed E-state index contributed by atoms with van der Waals surface area (Å²) in [5.74, 6) is 0.365. The Kier molecular flexibility index (Phi) is 9.21. The van der Waals surface area contributed by atoms with Gasteiger partial charge in [0.15, 0.2) is 11.7 Å². The van der Waals surface area contributed by atoms with Crippen molar-refractivity contribution < 1.29 is 38.1 Å². The van der Waals surface area contributed by atoms with E-state index in [9.17, 15) is 14.4 Å². The maximum Gasteiger partial charge on any atom is 0.184 e. The molecule has 2 aliphatic rings. The highest BCUT2D eigenvalue weighted by Crippen LogP contribution is 2.37. The molecule has 2 heterocycles. The van der Waals surface area contributed by atoms with Crippen LogP contribution in [0.3, 0.4) is 0 Å². The zero-order valence-electron chi connectivity index (χ0n) is 19.1. The molecule has 8 atom stereocenters. The zero-order valence-corrected chi connectivity index (χ0v) is 19.9. The van der Waals surface area contributed by atoms with Gasteiger partial charge in [0.2, 0.25) is 0 Å². The molecule has 0 aromatic heterocycles. The van der Waals surface area contributed by atoms with E-state index in [1.54, 1.807) is 0 Å². The second-order valence-electron chi connectivity index (χ2n) is 8.28. The van der Waals surface area contributed by atoms with E-state index in [-0.39, 0.29) is 13.2 Å². The standard InChI is InChI=1S/C25H32O8S/c1-2-34(28)25-23(30-15-19(27)13-26)22(29-14-17-9-5-3-6-10-17)21-20(32-25)16-31-24(33-21)18-11-7-4-8-12-18/h3-12,19-27H,2,13-16H2,1H3/t19?,20-,21-,22+,23+,24-,25-,34+/m1/s1. The molecule has 34 heavy (non-hydrogen) atoms. The topological polar surface area (TPSA) is 104 Å². The number of hydrogen-bond acceptors (Lipinski definition) is 8. The van der Waals surface area contributed by atoms with Crippen LogP contribution in [0.2, 0.25) is 0 Å². The molecule has 2 fully saturated rings. The van der Waals surface area contributed by atoms with Crippen LogP contribution < -0.4 is 0 Å². The molecule has 9 heteroatoms. The molecule has 0 spiro atoms. The molecule has 2 aliphatic heterocycles. The molecule has 1 unspecified atom stereocenters. The Balaban J connectivity index is 1.61. The normalized spacial score (nSPS) is 30.9. The fourth-order valence-corrected chi connectivity index (χ4v) is 5.24. The average molecular weight is 493 g/mol. The van der Waals surface area contributed by atoms with Gasteiger partial charge in [-0.05, 0) is 5.56 Å². The average Bonchev–Trinajstić information content (AvgIpc) is 2.90. The second-order valence-corrected chi connectivity index (χ2v) is 10.1. The van der Waals surface area contributed by atoms with Crippen LogP contribution in [0.15, 0.2) is 60.7 Å². The molecule has 0 radical (unpaired) electrons. The van der Waals surface area contributed by atoms with E-state index < -0.39 is 59.7 Å².